The summed E-state index contributed by atoms with van der Waals surface area (Å²) in [5.74, 6) is 0. The summed E-state index contributed by atoms with van der Waals surface area (Å²) in [4.78, 5) is 0. The normalized spacial score (nSPS) is 8.32. The second-order valence-electron chi connectivity index (χ2n) is 10.6. The first-order valence-electron chi connectivity index (χ1n) is 24.4. The van der Waals surface area contributed by atoms with Crippen molar-refractivity contribution in [2.75, 3.05) is 0 Å². The van der Waals surface area contributed by atoms with Gasteiger partial charge in [0.05, 0.1) is 0 Å². The topological polar surface area (TPSA) is 0 Å². The zero-order valence-electron chi connectivity index (χ0n) is 43.3. The van der Waals surface area contributed by atoms with E-state index >= 15 is 0 Å². The lowest BCUT2D eigenvalue weighted by atomic mass is 9.98. The Labute approximate surface area is 383 Å². The molecule has 0 spiro atoms. The molecule has 0 heteroatoms. The van der Waals surface area contributed by atoms with Crippen LogP contribution in [0.1, 0.15) is 138 Å². The molecule has 0 radical (unpaired) electrons. The molecule has 0 saturated heterocycles. The molecule has 0 heterocycles. The van der Waals surface area contributed by atoms with Crippen LogP contribution in [0.15, 0.2) is 182 Å². The van der Waals surface area contributed by atoms with Gasteiger partial charge < -0.3 is 0 Å². The Hall–Kier alpha value is -5.46. The average Bonchev–Trinajstić information content (AvgIpc) is 3.41. The standard InChI is InChI=1S/2C18H12.C6H6.10C2H6/c1-2-7-15-12-18-16(11-14(15)6-1)10-9-13-5-3-4-8-17(13)18;1-2-6-14-10-18-12-16-8-4-3-7-15(16)11-17(18)9-13(14)5-1;1-2-4-6-5-3-1;10*1-2/h2*1-12H;1-6H;10*1-2H3. The summed E-state index contributed by atoms with van der Waals surface area (Å²) in [5, 5.41) is 15.8. The summed E-state index contributed by atoms with van der Waals surface area (Å²) < 4.78 is 0. The molecule has 0 aliphatic heterocycles. The lowest BCUT2D eigenvalue weighted by Gasteiger charge is -2.06. The Kier molecular flexibility index (Phi) is 45.9. The fourth-order valence-electron chi connectivity index (χ4n) is 5.72. The highest BCUT2D eigenvalue weighted by Gasteiger charge is 2.02. The molecule has 0 nitrogen and oxygen atoms in total. The molecule has 0 bridgehead atoms. The van der Waals surface area contributed by atoms with E-state index in [0.29, 0.717) is 0 Å². The monoisotopic (exact) mass is 835 g/mol. The molecule has 0 fully saturated rings. The van der Waals surface area contributed by atoms with Gasteiger partial charge in [0.15, 0.2) is 0 Å². The van der Waals surface area contributed by atoms with Crippen LogP contribution < -0.4 is 0 Å². The molecule has 62 heavy (non-hydrogen) atoms. The van der Waals surface area contributed by atoms with Crippen molar-refractivity contribution in [2.45, 2.75) is 138 Å². The van der Waals surface area contributed by atoms with Gasteiger partial charge in [-0.1, -0.05) is 284 Å². The van der Waals surface area contributed by atoms with E-state index in [4.69, 9.17) is 0 Å². The molecular formula is C62H90. The van der Waals surface area contributed by atoms with Gasteiger partial charge in [-0.15, -0.1) is 0 Å². The van der Waals surface area contributed by atoms with E-state index in [0.717, 1.165) is 0 Å². The highest BCUT2D eigenvalue weighted by molar-refractivity contribution is 6.12. The van der Waals surface area contributed by atoms with Crippen molar-refractivity contribution in [2.24, 2.45) is 0 Å². The summed E-state index contributed by atoms with van der Waals surface area (Å²) >= 11 is 0. The quantitative estimate of drug-likeness (QED) is 0.105. The summed E-state index contributed by atoms with van der Waals surface area (Å²) in [6.07, 6.45) is 0. The first-order valence-corrected chi connectivity index (χ1v) is 24.4. The van der Waals surface area contributed by atoms with Gasteiger partial charge in [-0.25, -0.2) is 0 Å². The van der Waals surface area contributed by atoms with E-state index in [-0.39, 0.29) is 0 Å². The maximum Gasteiger partial charge on any atom is -0.00990 e. The molecule has 0 aliphatic carbocycles. The SMILES string of the molecule is CC.CC.CC.CC.CC.CC.CC.CC.CC.CC.c1ccc2cc3c(ccc4ccccc43)cc2c1.c1ccc2cc3cc4ccccc4cc3cc2c1.c1ccccc1. The van der Waals surface area contributed by atoms with Crippen molar-refractivity contribution in [3.05, 3.63) is 182 Å². The van der Waals surface area contributed by atoms with Crippen molar-refractivity contribution in [3.63, 3.8) is 0 Å². The van der Waals surface area contributed by atoms with Crippen LogP contribution in [0.25, 0.3) is 64.6 Å². The molecule has 0 aromatic heterocycles. The van der Waals surface area contributed by atoms with E-state index in [2.05, 4.69) is 146 Å². The third-order valence-electron chi connectivity index (χ3n) is 7.85. The lowest BCUT2D eigenvalue weighted by molar-refractivity contribution is 1.50. The van der Waals surface area contributed by atoms with Crippen molar-refractivity contribution < 1.29 is 0 Å². The number of hydrogen-bond donors (Lipinski definition) is 0. The minimum Gasteiger partial charge on any atom is -0.0683 e. The Morgan fingerprint density at radius 2 is 0.355 bits per heavy atom. The highest BCUT2D eigenvalue weighted by atomic mass is 14.1. The summed E-state index contributed by atoms with van der Waals surface area (Å²) in [7, 11) is 0. The molecule has 0 amide bonds. The molecule has 9 rings (SSSR count). The van der Waals surface area contributed by atoms with Gasteiger partial charge >= 0.3 is 0 Å². The van der Waals surface area contributed by atoms with Crippen molar-refractivity contribution in [1.29, 1.82) is 0 Å². The molecule has 0 atom stereocenters. The molecular weight excluding hydrogens is 745 g/mol. The third kappa shape index (κ3) is 21.4. The predicted octanol–water partition coefficient (Wildman–Crippen LogP) is 22.2. The average molecular weight is 835 g/mol. The second-order valence-corrected chi connectivity index (χ2v) is 10.6. The van der Waals surface area contributed by atoms with Gasteiger partial charge in [0.25, 0.3) is 0 Å². The van der Waals surface area contributed by atoms with E-state index in [9.17, 15) is 0 Å². The third-order valence-corrected chi connectivity index (χ3v) is 7.85. The summed E-state index contributed by atoms with van der Waals surface area (Å²) in [6, 6.07) is 64.2. The Balaban J connectivity index is -0.000000356. The minimum absolute atomic E-state index is 1.31. The lowest BCUT2D eigenvalue weighted by Crippen LogP contribution is -1.79. The zero-order chi connectivity index (χ0) is 48.1. The molecule has 0 saturated carbocycles. The minimum atomic E-state index is 1.31. The van der Waals surface area contributed by atoms with Crippen LogP contribution in [0, 0.1) is 0 Å². The maximum absolute atomic E-state index is 2.30. The van der Waals surface area contributed by atoms with Gasteiger partial charge in [-0.2, -0.15) is 0 Å². The summed E-state index contributed by atoms with van der Waals surface area (Å²) in [6.45, 7) is 40.0. The zero-order valence-corrected chi connectivity index (χ0v) is 43.3. The fourth-order valence-corrected chi connectivity index (χ4v) is 5.72. The highest BCUT2D eigenvalue weighted by Crippen LogP contribution is 2.30. The van der Waals surface area contributed by atoms with Crippen LogP contribution in [-0.2, 0) is 0 Å². The van der Waals surface area contributed by atoms with Crippen LogP contribution in [0.2, 0.25) is 0 Å². The van der Waals surface area contributed by atoms with Crippen LogP contribution in [-0.4, -0.2) is 0 Å². The second kappa shape index (κ2) is 45.1. The molecule has 0 N–H and O–H groups in total. The summed E-state index contributed by atoms with van der Waals surface area (Å²) in [5.41, 5.74) is 0. The van der Waals surface area contributed by atoms with Gasteiger partial charge in [0, 0.05) is 0 Å². The maximum atomic E-state index is 2.30. The number of hydrogen-bond acceptors (Lipinski definition) is 0. The van der Waals surface area contributed by atoms with Crippen molar-refractivity contribution >= 4 is 64.6 Å². The predicted molar refractivity (Wildman–Crippen MR) is 298 cm³/mol. The first-order chi connectivity index (χ1) is 30.8. The van der Waals surface area contributed by atoms with Gasteiger partial charge in [0.2, 0.25) is 0 Å². The van der Waals surface area contributed by atoms with Crippen molar-refractivity contribution in [3.8, 4) is 0 Å². The van der Waals surface area contributed by atoms with Crippen LogP contribution in [0.4, 0.5) is 0 Å². The van der Waals surface area contributed by atoms with E-state index in [1.807, 2.05) is 175 Å². The Morgan fingerprint density at radius 1 is 0.145 bits per heavy atom. The Bertz CT molecular complexity index is 2080. The largest absolute Gasteiger partial charge is 0.0683 e. The molecule has 9 aromatic rings. The smallest absolute Gasteiger partial charge is 0.00990 e. The fraction of sp³-hybridized carbons (Fsp3) is 0.323. The van der Waals surface area contributed by atoms with Gasteiger partial charge in [0.1, 0.15) is 0 Å². The van der Waals surface area contributed by atoms with Crippen LogP contribution in [0.3, 0.4) is 0 Å². The number of fused-ring (bicyclic) bond motifs is 7. The number of rotatable bonds is 0. The van der Waals surface area contributed by atoms with E-state index < -0.39 is 0 Å². The Morgan fingerprint density at radius 3 is 0.645 bits per heavy atom. The first kappa shape index (κ1) is 63.2. The molecule has 0 aliphatic rings. The van der Waals surface area contributed by atoms with E-state index in [1.165, 1.54) is 64.6 Å². The number of benzene rings is 9. The van der Waals surface area contributed by atoms with Crippen molar-refractivity contribution in [1.82, 2.24) is 0 Å². The van der Waals surface area contributed by atoms with E-state index in [1.54, 1.807) is 0 Å². The molecule has 0 unspecified atom stereocenters. The van der Waals surface area contributed by atoms with Gasteiger partial charge in [-0.05, 0) is 101 Å². The molecule has 9 aromatic carbocycles. The van der Waals surface area contributed by atoms with Crippen LogP contribution in [0.5, 0.6) is 0 Å². The van der Waals surface area contributed by atoms with Gasteiger partial charge in [-0.3, -0.25) is 0 Å². The van der Waals surface area contributed by atoms with Crippen LogP contribution >= 0.6 is 0 Å². The molecule has 338 valence electrons.